The van der Waals surface area contributed by atoms with Gasteiger partial charge in [0.1, 0.15) is 24.6 Å². The molecule has 1 fully saturated rings. The molecule has 3 heterocycles. The number of anilines is 1. The molecule has 2 aromatic rings. The quantitative estimate of drug-likeness (QED) is 0.258. The molecule has 12 nitrogen and oxygen atoms in total. The van der Waals surface area contributed by atoms with Crippen LogP contribution in [0.25, 0.3) is 11.2 Å². The van der Waals surface area contributed by atoms with Crippen LogP contribution in [0.3, 0.4) is 0 Å². The lowest BCUT2D eigenvalue weighted by Gasteiger charge is -2.16. The van der Waals surface area contributed by atoms with Crippen LogP contribution in [0.5, 0.6) is 0 Å². The van der Waals surface area contributed by atoms with Crippen LogP contribution in [-0.4, -0.2) is 83.6 Å². The Hall–Kier alpha value is -1.74. The highest BCUT2D eigenvalue weighted by Crippen LogP contribution is 2.32. The van der Waals surface area contributed by atoms with E-state index in [-0.39, 0.29) is 6.54 Å². The van der Waals surface area contributed by atoms with Crippen molar-refractivity contribution < 1.29 is 28.4 Å². The molecule has 1 aliphatic rings. The third-order valence-corrected chi connectivity index (χ3v) is 4.39. The van der Waals surface area contributed by atoms with E-state index in [1.807, 2.05) is 0 Å². The molecule has 1 aliphatic heterocycles. The fourth-order valence-electron chi connectivity index (χ4n) is 2.72. The Bertz CT molecular complexity index is 775. The summed E-state index contributed by atoms with van der Waals surface area (Å²) in [6, 6.07) is 0. The Morgan fingerprint density at radius 3 is 2.88 bits per heavy atom. The number of hydrogen-bond acceptors (Lipinski definition) is 9. The van der Waals surface area contributed by atoms with Gasteiger partial charge in [0.25, 0.3) is 0 Å². The summed E-state index contributed by atoms with van der Waals surface area (Å²) in [6.45, 7) is 0.913. The van der Waals surface area contributed by atoms with Gasteiger partial charge < -0.3 is 25.0 Å². The number of hydrogen-bond donors (Lipinski definition) is 5. The predicted molar refractivity (Wildman–Crippen MR) is 90.4 cm³/mol. The standard InChI is InChI=1S/C13H20N6O6S/c1-24-3-2-14-11-8-12(16-5-15-11)19(6-17-8)13-10(21)9(20)7(25-13)4-18-26(22)23/h5-7,9-10,13,18,20-21H,2-4H2,1H3,(H,22,23)(H,14,15,16)/t7-,9-,10-,13-/m1/s1. The molecule has 144 valence electrons. The predicted octanol–water partition coefficient (Wildman–Crippen LogP) is -1.77. The zero-order valence-electron chi connectivity index (χ0n) is 13.8. The molecule has 0 saturated carbocycles. The first-order chi connectivity index (χ1) is 12.5. The molecule has 13 heteroatoms. The van der Waals surface area contributed by atoms with E-state index in [0.29, 0.717) is 30.1 Å². The van der Waals surface area contributed by atoms with Crippen LogP contribution >= 0.6 is 0 Å². The van der Waals surface area contributed by atoms with Gasteiger partial charge >= 0.3 is 0 Å². The first-order valence-corrected chi connectivity index (χ1v) is 8.90. The molecular weight excluding hydrogens is 368 g/mol. The Kier molecular flexibility index (Phi) is 6.08. The van der Waals surface area contributed by atoms with E-state index in [1.165, 1.54) is 17.2 Å². The van der Waals surface area contributed by atoms with Crippen LogP contribution < -0.4 is 10.0 Å². The number of fused-ring (bicyclic) bond motifs is 1. The lowest BCUT2D eigenvalue weighted by molar-refractivity contribution is -0.0330. The van der Waals surface area contributed by atoms with E-state index in [1.54, 1.807) is 7.11 Å². The van der Waals surface area contributed by atoms with Crippen LogP contribution in [0, 0.1) is 0 Å². The number of nitrogens with zero attached hydrogens (tertiary/aromatic N) is 4. The van der Waals surface area contributed by atoms with Crippen LogP contribution in [0.1, 0.15) is 6.23 Å². The van der Waals surface area contributed by atoms with E-state index in [2.05, 4.69) is 25.0 Å². The monoisotopic (exact) mass is 388 g/mol. The Morgan fingerprint density at radius 2 is 2.15 bits per heavy atom. The molecule has 0 aromatic carbocycles. The number of aliphatic hydroxyl groups excluding tert-OH is 2. The number of methoxy groups -OCH3 is 1. The van der Waals surface area contributed by atoms with Gasteiger partial charge in [-0.25, -0.2) is 23.9 Å². The van der Waals surface area contributed by atoms with Gasteiger partial charge in [-0.3, -0.25) is 9.12 Å². The molecule has 26 heavy (non-hydrogen) atoms. The summed E-state index contributed by atoms with van der Waals surface area (Å²) in [6.07, 6.45) is -1.54. The molecule has 0 amide bonds. The fourth-order valence-corrected chi connectivity index (χ4v) is 3.03. The van der Waals surface area contributed by atoms with Crippen molar-refractivity contribution in [1.29, 1.82) is 0 Å². The minimum absolute atomic E-state index is 0.108. The Balaban J connectivity index is 1.82. The van der Waals surface area contributed by atoms with Crippen molar-refractivity contribution in [3.63, 3.8) is 0 Å². The van der Waals surface area contributed by atoms with Gasteiger partial charge in [0.05, 0.1) is 12.9 Å². The number of aliphatic hydroxyl groups is 2. The van der Waals surface area contributed by atoms with Gasteiger partial charge in [0.2, 0.25) is 11.3 Å². The second-order valence-corrected chi connectivity index (χ2v) is 6.40. The molecule has 2 aromatic heterocycles. The molecule has 0 aliphatic carbocycles. The molecule has 5 atom stereocenters. The maximum atomic E-state index is 10.7. The largest absolute Gasteiger partial charge is 0.387 e. The third-order valence-electron chi connectivity index (χ3n) is 3.98. The SMILES string of the molecule is COCCNc1ncnc2c1ncn2[C@@H]1O[C@H](CNS(=O)O)[C@@H](O)[C@H]1O. The summed E-state index contributed by atoms with van der Waals surface area (Å²) in [5, 5.41) is 23.5. The first kappa shape index (κ1) is 19.0. The molecule has 0 radical (unpaired) electrons. The summed E-state index contributed by atoms with van der Waals surface area (Å²) in [5.41, 5.74) is 0.891. The smallest absolute Gasteiger partial charge is 0.231 e. The summed E-state index contributed by atoms with van der Waals surface area (Å²) in [5.74, 6) is 0.507. The highest BCUT2D eigenvalue weighted by atomic mass is 32.2. The second-order valence-electron chi connectivity index (χ2n) is 5.61. The van der Waals surface area contributed by atoms with E-state index >= 15 is 0 Å². The van der Waals surface area contributed by atoms with Crippen molar-refractivity contribution in [2.24, 2.45) is 0 Å². The number of nitrogens with one attached hydrogen (secondary N) is 2. The minimum atomic E-state index is -2.25. The molecule has 1 saturated heterocycles. The lowest BCUT2D eigenvalue weighted by Crippen LogP contribution is -2.38. The van der Waals surface area contributed by atoms with Gasteiger partial charge in [0.15, 0.2) is 23.2 Å². The fraction of sp³-hybridized carbons (Fsp3) is 0.615. The molecule has 0 spiro atoms. The normalized spacial score (nSPS) is 27.1. The van der Waals surface area contributed by atoms with E-state index in [9.17, 15) is 14.4 Å². The average Bonchev–Trinajstić information content (AvgIpc) is 3.16. The number of rotatable bonds is 8. The van der Waals surface area contributed by atoms with Gasteiger partial charge in [-0.15, -0.1) is 0 Å². The van der Waals surface area contributed by atoms with E-state index < -0.39 is 35.8 Å². The molecular formula is C13H20N6O6S. The Morgan fingerprint density at radius 1 is 1.35 bits per heavy atom. The second kappa shape index (κ2) is 8.30. The van der Waals surface area contributed by atoms with Crippen LogP contribution in [-0.2, 0) is 20.7 Å². The average molecular weight is 388 g/mol. The molecule has 1 unspecified atom stereocenters. The highest BCUT2D eigenvalue weighted by molar-refractivity contribution is 7.77. The van der Waals surface area contributed by atoms with Crippen molar-refractivity contribution in [1.82, 2.24) is 24.2 Å². The summed E-state index contributed by atoms with van der Waals surface area (Å²) in [7, 11) is 1.59. The zero-order valence-corrected chi connectivity index (χ0v) is 14.7. The van der Waals surface area contributed by atoms with Crippen LogP contribution in [0.4, 0.5) is 5.82 Å². The van der Waals surface area contributed by atoms with Crippen LogP contribution in [0.15, 0.2) is 12.7 Å². The van der Waals surface area contributed by atoms with Crippen molar-refractivity contribution in [2.75, 3.05) is 32.1 Å². The third kappa shape index (κ3) is 3.83. The molecule has 0 bridgehead atoms. The van der Waals surface area contributed by atoms with Crippen LogP contribution in [0.2, 0.25) is 0 Å². The number of imidazole rings is 1. The van der Waals surface area contributed by atoms with Crippen molar-refractivity contribution >= 4 is 28.2 Å². The van der Waals surface area contributed by atoms with Gasteiger partial charge in [0, 0.05) is 20.2 Å². The van der Waals surface area contributed by atoms with Crippen molar-refractivity contribution in [3.05, 3.63) is 12.7 Å². The van der Waals surface area contributed by atoms with Gasteiger partial charge in [-0.05, 0) is 0 Å². The van der Waals surface area contributed by atoms with Gasteiger partial charge in [-0.2, -0.15) is 0 Å². The van der Waals surface area contributed by atoms with Gasteiger partial charge in [-0.1, -0.05) is 0 Å². The first-order valence-electron chi connectivity index (χ1n) is 7.79. The number of ether oxygens (including phenoxy) is 2. The summed E-state index contributed by atoms with van der Waals surface area (Å²) >= 11 is -2.25. The Labute approximate surface area is 151 Å². The number of aromatic nitrogens is 4. The minimum Gasteiger partial charge on any atom is -0.387 e. The lowest BCUT2D eigenvalue weighted by atomic mass is 10.1. The molecule has 3 rings (SSSR count). The highest BCUT2D eigenvalue weighted by Gasteiger charge is 2.44. The maximum Gasteiger partial charge on any atom is 0.231 e. The van der Waals surface area contributed by atoms with E-state index in [4.69, 9.17) is 14.0 Å². The summed E-state index contributed by atoms with van der Waals surface area (Å²) < 4.78 is 33.9. The maximum absolute atomic E-state index is 10.7. The van der Waals surface area contributed by atoms with Crippen molar-refractivity contribution in [3.8, 4) is 0 Å². The van der Waals surface area contributed by atoms with Crippen molar-refractivity contribution in [2.45, 2.75) is 24.5 Å². The molecule has 5 N–H and O–H groups in total. The zero-order chi connectivity index (χ0) is 18.7. The topological polar surface area (TPSA) is 164 Å². The van der Waals surface area contributed by atoms with E-state index in [0.717, 1.165) is 0 Å². The summed E-state index contributed by atoms with van der Waals surface area (Å²) in [4.78, 5) is 12.6.